The Morgan fingerprint density at radius 1 is 0.925 bits per heavy atom. The van der Waals surface area contributed by atoms with E-state index in [9.17, 15) is 41.1 Å². The van der Waals surface area contributed by atoms with Gasteiger partial charge in [0.1, 0.15) is 6.04 Å². The number of nitrogens with one attached hydrogen (secondary N) is 1. The number of hydrogen-bond donors (Lipinski definition) is 1. The van der Waals surface area contributed by atoms with Crippen LogP contribution in [0.25, 0.3) is 0 Å². The third kappa shape index (κ3) is 9.13. The van der Waals surface area contributed by atoms with Gasteiger partial charge in [0, 0.05) is 27.8 Å². The van der Waals surface area contributed by atoms with Crippen molar-refractivity contribution in [1.82, 2.24) is 20.0 Å². The summed E-state index contributed by atoms with van der Waals surface area (Å²) in [5.74, 6) is -17.2. The number of ether oxygens (including phenoxy) is 3. The molecule has 0 unspecified atom stereocenters. The van der Waals surface area contributed by atoms with Gasteiger partial charge in [0.05, 0.1) is 42.2 Å². The molecule has 3 amide bonds. The van der Waals surface area contributed by atoms with Crippen LogP contribution < -0.4 is 10.1 Å². The lowest BCUT2D eigenvalue weighted by Gasteiger charge is -2.41. The molecular formula is C37H55F5N4O7. The molecule has 1 aromatic carbocycles. The van der Waals surface area contributed by atoms with E-state index in [0.29, 0.717) is 25.7 Å². The van der Waals surface area contributed by atoms with E-state index >= 15 is 0 Å². The quantitative estimate of drug-likeness (QED) is 0.0838. The standard InChI is InChI=1S/C37H55F5N4O7/c1-11-20(4)31(45(8)34(48)30(19(2)3)43-36(50)37(6)15-13-16-44(37)7)23(51-9)18-24(47)46-17-12-14-22(46)32(52-10)21(5)35(49)53-33-28(41)26(39)25(38)27(40)29(33)42/h19-23,30-32H,11-18H2,1-10H3,(H,43,50)/t20-,21+,22-,23+,30+,31-,32+,37+/m0/s1. The smallest absolute Gasteiger partial charge is 0.316 e. The van der Waals surface area contributed by atoms with Crippen molar-refractivity contribution < 1.29 is 55.3 Å². The summed E-state index contributed by atoms with van der Waals surface area (Å²) < 4.78 is 85.8. The molecule has 300 valence electrons. The Morgan fingerprint density at radius 3 is 2.00 bits per heavy atom. The largest absolute Gasteiger partial charge is 0.420 e. The minimum absolute atomic E-state index is 0.137. The van der Waals surface area contributed by atoms with Crippen molar-refractivity contribution >= 4 is 23.7 Å². The van der Waals surface area contributed by atoms with Gasteiger partial charge in [-0.15, -0.1) is 0 Å². The summed E-state index contributed by atoms with van der Waals surface area (Å²) in [4.78, 5) is 59.8. The van der Waals surface area contributed by atoms with Crippen molar-refractivity contribution in [3.05, 3.63) is 29.1 Å². The zero-order valence-electron chi connectivity index (χ0n) is 32.4. The molecule has 8 atom stereocenters. The average molecular weight is 763 g/mol. The van der Waals surface area contributed by atoms with Gasteiger partial charge < -0.3 is 29.3 Å². The highest BCUT2D eigenvalue weighted by Gasteiger charge is 2.46. The van der Waals surface area contributed by atoms with Gasteiger partial charge in [-0.25, -0.2) is 13.2 Å². The van der Waals surface area contributed by atoms with E-state index in [1.807, 2.05) is 46.6 Å². The maximum absolute atomic E-state index is 14.3. The van der Waals surface area contributed by atoms with Crippen LogP contribution in [0.1, 0.15) is 80.1 Å². The maximum Gasteiger partial charge on any atom is 0.316 e. The van der Waals surface area contributed by atoms with Crippen LogP contribution in [0.15, 0.2) is 0 Å². The Morgan fingerprint density at radius 2 is 1.51 bits per heavy atom. The van der Waals surface area contributed by atoms with E-state index in [0.717, 1.165) is 13.0 Å². The number of carbonyl (C=O) groups is 4. The zero-order chi connectivity index (χ0) is 40.1. The Balaban J connectivity index is 1.81. The molecule has 2 aliphatic heterocycles. The Labute approximate surface area is 308 Å². The first-order chi connectivity index (χ1) is 24.8. The highest BCUT2D eigenvalue weighted by atomic mass is 19.2. The summed E-state index contributed by atoms with van der Waals surface area (Å²) in [6, 6.07) is -2.14. The van der Waals surface area contributed by atoms with E-state index < -0.39 is 82.6 Å². The third-order valence-electron chi connectivity index (χ3n) is 11.3. The number of likely N-dealkylation sites (tertiary alicyclic amines) is 2. The van der Waals surface area contributed by atoms with Crippen LogP contribution in [0.2, 0.25) is 0 Å². The number of hydrogen-bond acceptors (Lipinski definition) is 8. The molecule has 16 heteroatoms. The van der Waals surface area contributed by atoms with Gasteiger partial charge >= 0.3 is 5.97 Å². The average Bonchev–Trinajstić information content (AvgIpc) is 3.76. The van der Waals surface area contributed by atoms with Crippen LogP contribution in [-0.4, -0.2) is 116 Å². The normalized spacial score (nSPS) is 22.6. The molecular weight excluding hydrogens is 707 g/mol. The van der Waals surface area contributed by atoms with Gasteiger partial charge in [0.25, 0.3) is 0 Å². The van der Waals surface area contributed by atoms with Crippen molar-refractivity contribution in [2.24, 2.45) is 17.8 Å². The summed E-state index contributed by atoms with van der Waals surface area (Å²) in [7, 11) is 6.23. The molecule has 2 heterocycles. The molecule has 2 aliphatic rings. The Bertz CT molecular complexity index is 1470. The van der Waals surface area contributed by atoms with Crippen molar-refractivity contribution in [2.75, 3.05) is 41.4 Å². The molecule has 2 saturated heterocycles. The summed E-state index contributed by atoms with van der Waals surface area (Å²) in [6.07, 6.45) is 1.03. The third-order valence-corrected chi connectivity index (χ3v) is 11.3. The first kappa shape index (κ1) is 44.0. The molecule has 11 nitrogen and oxygen atoms in total. The maximum atomic E-state index is 14.3. The summed E-state index contributed by atoms with van der Waals surface area (Å²) in [6.45, 7) is 11.8. The molecule has 0 radical (unpaired) electrons. The predicted octanol–water partition coefficient (Wildman–Crippen LogP) is 4.83. The fourth-order valence-electron chi connectivity index (χ4n) is 7.57. The zero-order valence-corrected chi connectivity index (χ0v) is 32.4. The number of carbonyl (C=O) groups excluding carboxylic acids is 4. The van der Waals surface area contributed by atoms with E-state index in [1.165, 1.54) is 26.0 Å². The van der Waals surface area contributed by atoms with Crippen LogP contribution in [0.3, 0.4) is 0 Å². The first-order valence-corrected chi connectivity index (χ1v) is 18.2. The second kappa shape index (κ2) is 18.3. The van der Waals surface area contributed by atoms with Crippen LogP contribution in [0.5, 0.6) is 5.75 Å². The molecule has 0 bridgehead atoms. The lowest BCUT2D eigenvalue weighted by molar-refractivity contribution is -0.151. The van der Waals surface area contributed by atoms with Crippen molar-refractivity contribution in [3.8, 4) is 5.75 Å². The number of rotatable bonds is 16. The number of halogens is 5. The SMILES string of the molecule is CC[C@H](C)[C@@H]([C@@H](CC(=O)N1CCC[C@H]1[C@H](OC)[C@@H](C)C(=O)Oc1c(F)c(F)c(F)c(F)c1F)OC)N(C)C(=O)[C@H](NC(=O)[C@@]1(C)CCCN1C)C(C)C. The van der Waals surface area contributed by atoms with Crippen molar-refractivity contribution in [3.63, 3.8) is 0 Å². The second-order valence-electron chi connectivity index (χ2n) is 14.9. The van der Waals surface area contributed by atoms with Crippen LogP contribution in [0, 0.1) is 46.8 Å². The van der Waals surface area contributed by atoms with Crippen LogP contribution in [0.4, 0.5) is 22.0 Å². The van der Waals surface area contributed by atoms with E-state index in [4.69, 9.17) is 9.47 Å². The first-order valence-electron chi connectivity index (χ1n) is 18.2. The van der Waals surface area contributed by atoms with Crippen molar-refractivity contribution in [1.29, 1.82) is 0 Å². The minimum atomic E-state index is -2.39. The van der Waals surface area contributed by atoms with E-state index in [-0.39, 0.29) is 42.5 Å². The number of benzene rings is 1. The number of likely N-dealkylation sites (N-methyl/N-ethyl adjacent to an activating group) is 2. The number of amides is 3. The van der Waals surface area contributed by atoms with E-state index in [2.05, 4.69) is 10.1 Å². The molecule has 53 heavy (non-hydrogen) atoms. The summed E-state index contributed by atoms with van der Waals surface area (Å²) in [5, 5.41) is 3.00. The van der Waals surface area contributed by atoms with Crippen LogP contribution in [-0.2, 0) is 28.7 Å². The molecule has 1 N–H and O–H groups in total. The highest BCUT2D eigenvalue weighted by Crippen LogP contribution is 2.33. The molecule has 2 fully saturated rings. The minimum Gasteiger partial charge on any atom is -0.420 e. The molecule has 0 spiro atoms. The molecule has 0 aromatic heterocycles. The molecule has 3 rings (SSSR count). The Hall–Kier alpha value is -3.37. The lowest BCUT2D eigenvalue weighted by atomic mass is 9.89. The van der Waals surface area contributed by atoms with Crippen LogP contribution >= 0.6 is 0 Å². The highest BCUT2D eigenvalue weighted by molar-refractivity contribution is 5.92. The summed E-state index contributed by atoms with van der Waals surface area (Å²) in [5.41, 5.74) is -0.743. The number of methoxy groups -OCH3 is 2. The topological polar surface area (TPSA) is 118 Å². The van der Waals surface area contributed by atoms with Gasteiger partial charge in [-0.2, -0.15) is 8.78 Å². The van der Waals surface area contributed by atoms with Gasteiger partial charge in [0.15, 0.2) is 0 Å². The summed E-state index contributed by atoms with van der Waals surface area (Å²) >= 11 is 0. The Kier molecular flexibility index (Phi) is 15.2. The monoisotopic (exact) mass is 762 g/mol. The predicted molar refractivity (Wildman–Crippen MR) is 185 cm³/mol. The van der Waals surface area contributed by atoms with Crippen molar-refractivity contribution in [2.45, 2.75) is 116 Å². The molecule has 1 aromatic rings. The number of nitrogens with zero attached hydrogens (tertiary/aromatic N) is 3. The van der Waals surface area contributed by atoms with Gasteiger partial charge in [-0.3, -0.25) is 24.1 Å². The second-order valence-corrected chi connectivity index (χ2v) is 14.9. The molecule has 0 saturated carbocycles. The van der Waals surface area contributed by atoms with Gasteiger partial charge in [-0.05, 0) is 65.0 Å². The fourth-order valence-corrected chi connectivity index (χ4v) is 7.57. The molecule has 0 aliphatic carbocycles. The van der Waals surface area contributed by atoms with Gasteiger partial charge in [0.2, 0.25) is 52.6 Å². The number of esters is 1. The van der Waals surface area contributed by atoms with Gasteiger partial charge in [-0.1, -0.05) is 34.1 Å². The lowest BCUT2D eigenvalue weighted by Crippen LogP contribution is -2.61. The van der Waals surface area contributed by atoms with E-state index in [1.54, 1.807) is 11.9 Å². The fraction of sp³-hybridized carbons (Fsp3) is 0.730.